The van der Waals surface area contributed by atoms with E-state index in [1.54, 1.807) is 18.2 Å². The van der Waals surface area contributed by atoms with Gasteiger partial charge in [0.1, 0.15) is 23.5 Å². The quantitative estimate of drug-likeness (QED) is 0.719. The van der Waals surface area contributed by atoms with Crippen molar-refractivity contribution in [3.63, 3.8) is 0 Å². The Labute approximate surface area is 99.1 Å². The van der Waals surface area contributed by atoms with Crippen molar-refractivity contribution in [1.29, 1.82) is 10.5 Å². The third-order valence-corrected chi connectivity index (χ3v) is 2.46. The zero-order valence-electron chi connectivity index (χ0n) is 9.22. The van der Waals surface area contributed by atoms with E-state index in [4.69, 9.17) is 19.7 Å². The minimum Gasteiger partial charge on any atom is -0.441 e. The van der Waals surface area contributed by atoms with Gasteiger partial charge in [-0.2, -0.15) is 10.5 Å². The van der Waals surface area contributed by atoms with Crippen molar-refractivity contribution >= 4 is 12.0 Å². The number of ether oxygens (including phenoxy) is 1. The highest BCUT2D eigenvalue weighted by Crippen LogP contribution is 2.21. The highest BCUT2D eigenvalue weighted by Gasteiger charge is 2.14. The van der Waals surface area contributed by atoms with Crippen LogP contribution in [0.15, 0.2) is 22.1 Å². The number of rotatable bonds is 2. The SMILES string of the molecule is N#CC(C#N)=Cc1ccc(N2CCOCC2)o1. The summed E-state index contributed by atoms with van der Waals surface area (Å²) in [7, 11) is 0. The van der Waals surface area contributed by atoms with Gasteiger partial charge >= 0.3 is 0 Å². The first-order chi connectivity index (χ1) is 8.33. The second-order valence-corrected chi connectivity index (χ2v) is 3.56. The average molecular weight is 229 g/mol. The molecule has 5 nitrogen and oxygen atoms in total. The standard InChI is InChI=1S/C12H11N3O2/c13-8-10(9-14)7-11-1-2-12(17-11)15-3-5-16-6-4-15/h1-2,7H,3-6H2. The summed E-state index contributed by atoms with van der Waals surface area (Å²) < 4.78 is 10.8. The van der Waals surface area contributed by atoms with E-state index in [9.17, 15) is 0 Å². The van der Waals surface area contributed by atoms with Crippen LogP contribution in [-0.2, 0) is 4.74 Å². The Morgan fingerprint density at radius 3 is 2.59 bits per heavy atom. The molecule has 1 aliphatic rings. The topological polar surface area (TPSA) is 73.2 Å². The number of hydrogen-bond acceptors (Lipinski definition) is 5. The van der Waals surface area contributed by atoms with E-state index >= 15 is 0 Å². The van der Waals surface area contributed by atoms with E-state index in [1.165, 1.54) is 6.08 Å². The molecule has 0 amide bonds. The van der Waals surface area contributed by atoms with Crippen LogP contribution in [0.1, 0.15) is 5.76 Å². The molecule has 1 aromatic rings. The molecule has 0 unspecified atom stereocenters. The van der Waals surface area contributed by atoms with E-state index in [-0.39, 0.29) is 5.57 Å². The molecule has 17 heavy (non-hydrogen) atoms. The Hall–Kier alpha value is -2.24. The zero-order chi connectivity index (χ0) is 12.1. The summed E-state index contributed by atoms with van der Waals surface area (Å²) >= 11 is 0. The second-order valence-electron chi connectivity index (χ2n) is 3.56. The van der Waals surface area contributed by atoms with Crippen molar-refractivity contribution in [1.82, 2.24) is 0 Å². The summed E-state index contributed by atoms with van der Waals surface area (Å²) in [4.78, 5) is 2.07. The molecule has 2 heterocycles. The summed E-state index contributed by atoms with van der Waals surface area (Å²) in [5.41, 5.74) is 0.0351. The van der Waals surface area contributed by atoms with Crippen LogP contribution in [-0.4, -0.2) is 26.3 Å². The predicted molar refractivity (Wildman–Crippen MR) is 60.9 cm³/mol. The van der Waals surface area contributed by atoms with Crippen molar-refractivity contribution in [2.45, 2.75) is 0 Å². The van der Waals surface area contributed by atoms with Crippen LogP contribution in [0.5, 0.6) is 0 Å². The molecule has 5 heteroatoms. The highest BCUT2D eigenvalue weighted by atomic mass is 16.5. The second kappa shape index (κ2) is 5.20. The molecule has 0 aromatic carbocycles. The minimum absolute atomic E-state index is 0.0351. The molecule has 1 saturated heterocycles. The van der Waals surface area contributed by atoms with E-state index in [0.29, 0.717) is 19.0 Å². The van der Waals surface area contributed by atoms with Crippen molar-refractivity contribution < 1.29 is 9.15 Å². The fourth-order valence-corrected chi connectivity index (χ4v) is 1.61. The van der Waals surface area contributed by atoms with Crippen LogP contribution >= 0.6 is 0 Å². The predicted octanol–water partition coefficient (Wildman–Crippen LogP) is 1.55. The molecule has 0 atom stereocenters. The first kappa shape index (κ1) is 11.3. The lowest BCUT2D eigenvalue weighted by Gasteiger charge is -2.26. The molecule has 0 saturated carbocycles. The van der Waals surface area contributed by atoms with Gasteiger partial charge in [-0.15, -0.1) is 0 Å². The highest BCUT2D eigenvalue weighted by molar-refractivity contribution is 5.60. The van der Waals surface area contributed by atoms with E-state index < -0.39 is 0 Å². The van der Waals surface area contributed by atoms with Crippen LogP contribution in [0.4, 0.5) is 5.88 Å². The molecule has 1 fully saturated rings. The number of furan rings is 1. The van der Waals surface area contributed by atoms with E-state index in [2.05, 4.69) is 4.90 Å². The number of nitriles is 2. The van der Waals surface area contributed by atoms with Gasteiger partial charge in [-0.1, -0.05) is 0 Å². The number of anilines is 1. The molecule has 1 aromatic heterocycles. The van der Waals surface area contributed by atoms with Gasteiger partial charge in [0.05, 0.1) is 13.2 Å². The fourth-order valence-electron chi connectivity index (χ4n) is 1.61. The number of allylic oxidation sites excluding steroid dienone is 1. The molecule has 0 N–H and O–H groups in total. The molecule has 1 aliphatic heterocycles. The van der Waals surface area contributed by atoms with Crippen molar-refractivity contribution in [3.05, 3.63) is 23.5 Å². The molecular formula is C12H11N3O2. The van der Waals surface area contributed by atoms with E-state index in [0.717, 1.165) is 19.0 Å². The van der Waals surface area contributed by atoms with Crippen LogP contribution in [0.25, 0.3) is 6.08 Å². The van der Waals surface area contributed by atoms with Gasteiger partial charge in [-0.25, -0.2) is 0 Å². The van der Waals surface area contributed by atoms with Crippen LogP contribution < -0.4 is 4.90 Å². The van der Waals surface area contributed by atoms with Crippen molar-refractivity contribution in [2.24, 2.45) is 0 Å². The molecule has 0 bridgehead atoms. The Morgan fingerprint density at radius 2 is 1.94 bits per heavy atom. The molecular weight excluding hydrogens is 218 g/mol. The third-order valence-electron chi connectivity index (χ3n) is 2.46. The molecule has 0 aliphatic carbocycles. The Balaban J connectivity index is 2.13. The average Bonchev–Trinajstić information content (AvgIpc) is 2.85. The lowest BCUT2D eigenvalue weighted by Crippen LogP contribution is -2.35. The maximum Gasteiger partial charge on any atom is 0.196 e. The van der Waals surface area contributed by atoms with Gasteiger partial charge in [0.15, 0.2) is 5.88 Å². The maximum atomic E-state index is 8.63. The van der Waals surface area contributed by atoms with Gasteiger partial charge in [-0.05, 0) is 6.07 Å². The maximum absolute atomic E-state index is 8.63. The van der Waals surface area contributed by atoms with Gasteiger partial charge in [0.25, 0.3) is 0 Å². The largest absolute Gasteiger partial charge is 0.441 e. The van der Waals surface area contributed by atoms with Gasteiger partial charge < -0.3 is 14.1 Å². The van der Waals surface area contributed by atoms with Gasteiger partial charge in [0, 0.05) is 25.2 Å². The molecule has 2 rings (SSSR count). The fraction of sp³-hybridized carbons (Fsp3) is 0.333. The normalized spacial score (nSPS) is 14.8. The number of nitrogens with zero attached hydrogens (tertiary/aromatic N) is 3. The lowest BCUT2D eigenvalue weighted by molar-refractivity contribution is 0.120. The van der Waals surface area contributed by atoms with Gasteiger partial charge in [-0.3, -0.25) is 0 Å². The smallest absolute Gasteiger partial charge is 0.196 e. The Morgan fingerprint density at radius 1 is 1.24 bits per heavy atom. The summed E-state index contributed by atoms with van der Waals surface area (Å²) in [6.45, 7) is 2.96. The van der Waals surface area contributed by atoms with Crippen LogP contribution in [0.2, 0.25) is 0 Å². The Bertz CT molecular complexity index is 483. The zero-order valence-corrected chi connectivity index (χ0v) is 9.22. The first-order valence-electron chi connectivity index (χ1n) is 5.28. The summed E-state index contributed by atoms with van der Waals surface area (Å²) in [6, 6.07) is 7.18. The van der Waals surface area contributed by atoms with Crippen molar-refractivity contribution in [2.75, 3.05) is 31.2 Å². The van der Waals surface area contributed by atoms with Crippen LogP contribution in [0, 0.1) is 22.7 Å². The number of morpholine rings is 1. The molecule has 0 radical (unpaired) electrons. The monoisotopic (exact) mass is 229 g/mol. The molecule has 86 valence electrons. The van der Waals surface area contributed by atoms with Crippen LogP contribution in [0.3, 0.4) is 0 Å². The summed E-state index contributed by atoms with van der Waals surface area (Å²) in [5, 5.41) is 17.3. The van der Waals surface area contributed by atoms with Gasteiger partial charge in [0.2, 0.25) is 0 Å². The third kappa shape index (κ3) is 2.66. The lowest BCUT2D eigenvalue weighted by atomic mass is 10.3. The number of hydrogen-bond donors (Lipinski definition) is 0. The Kier molecular flexibility index (Phi) is 3.44. The van der Waals surface area contributed by atoms with E-state index in [1.807, 2.05) is 6.07 Å². The summed E-state index contributed by atoms with van der Waals surface area (Å²) in [5.74, 6) is 1.26. The minimum atomic E-state index is 0.0351. The first-order valence-corrected chi connectivity index (χ1v) is 5.28. The summed E-state index contributed by atoms with van der Waals surface area (Å²) in [6.07, 6.45) is 1.43. The van der Waals surface area contributed by atoms with Crippen molar-refractivity contribution in [3.8, 4) is 12.1 Å². The molecule has 0 spiro atoms.